The molecule has 4 rings (SSSR count). The Morgan fingerprint density at radius 3 is 2.53 bits per heavy atom. The van der Waals surface area contributed by atoms with Gasteiger partial charge in [-0.1, -0.05) is 35.3 Å². The van der Waals surface area contributed by atoms with Gasteiger partial charge in [-0.15, -0.1) is 0 Å². The summed E-state index contributed by atoms with van der Waals surface area (Å²) in [7, 11) is 1.84. The predicted molar refractivity (Wildman–Crippen MR) is 140 cm³/mol. The molecule has 2 aliphatic rings. The molecule has 1 aliphatic carbocycles. The Morgan fingerprint density at radius 1 is 1.08 bits per heavy atom. The van der Waals surface area contributed by atoms with Gasteiger partial charge in [0.1, 0.15) is 0 Å². The van der Waals surface area contributed by atoms with Crippen molar-refractivity contribution in [2.24, 2.45) is 0 Å². The lowest BCUT2D eigenvalue weighted by molar-refractivity contribution is -0.133. The van der Waals surface area contributed by atoms with E-state index in [1.54, 1.807) is 12.1 Å². The molecule has 0 bridgehead atoms. The summed E-state index contributed by atoms with van der Waals surface area (Å²) < 4.78 is 0. The zero-order valence-electron chi connectivity index (χ0n) is 20.0. The van der Waals surface area contributed by atoms with E-state index in [4.69, 9.17) is 28.3 Å². The normalized spacial score (nSPS) is 19.8. The maximum atomic E-state index is 13.5. The third-order valence-corrected chi connectivity index (χ3v) is 7.68. The Kier molecular flexibility index (Phi) is 8.34. The minimum absolute atomic E-state index is 0.0331. The number of anilines is 1. The fourth-order valence-electron chi connectivity index (χ4n) is 5.20. The zero-order valence-corrected chi connectivity index (χ0v) is 21.6. The molecule has 2 aromatic rings. The third-order valence-electron chi connectivity index (χ3n) is 6.94. The van der Waals surface area contributed by atoms with Gasteiger partial charge in [0.2, 0.25) is 11.8 Å². The zero-order chi connectivity index (χ0) is 25.8. The van der Waals surface area contributed by atoms with Crippen molar-refractivity contribution in [2.45, 2.75) is 44.2 Å². The number of fused-ring (bicyclic) bond motifs is 1. The molecule has 0 radical (unpaired) electrons. The summed E-state index contributed by atoms with van der Waals surface area (Å²) in [6, 6.07) is 10.9. The van der Waals surface area contributed by atoms with Gasteiger partial charge in [0, 0.05) is 30.9 Å². The number of halogens is 2. The second-order valence-corrected chi connectivity index (χ2v) is 10.1. The Balaban J connectivity index is 1.63. The number of likely N-dealkylation sites (N-methyl/N-ethyl adjacent to an activating group) is 1. The number of hydrogen-bond acceptors (Lipinski definition) is 4. The first-order valence-corrected chi connectivity index (χ1v) is 12.8. The molecule has 1 saturated heterocycles. The van der Waals surface area contributed by atoms with E-state index >= 15 is 0 Å². The van der Waals surface area contributed by atoms with Gasteiger partial charge in [-0.2, -0.15) is 0 Å². The van der Waals surface area contributed by atoms with E-state index in [1.807, 2.05) is 36.2 Å². The first-order valence-electron chi connectivity index (χ1n) is 12.0. The molecular weight excluding hydrogens is 501 g/mol. The van der Waals surface area contributed by atoms with Gasteiger partial charge in [0.15, 0.2) is 0 Å². The molecule has 36 heavy (non-hydrogen) atoms. The van der Waals surface area contributed by atoms with Crippen molar-refractivity contribution in [1.82, 2.24) is 9.80 Å². The Bertz CT molecular complexity index is 1190. The highest BCUT2D eigenvalue weighted by molar-refractivity contribution is 6.42. The highest BCUT2D eigenvalue weighted by Crippen LogP contribution is 2.39. The summed E-state index contributed by atoms with van der Waals surface area (Å²) in [4.78, 5) is 40.7. The van der Waals surface area contributed by atoms with Gasteiger partial charge in [-0.25, -0.2) is 4.79 Å². The number of carboxylic acid groups (broad SMARTS) is 1. The van der Waals surface area contributed by atoms with Crippen LogP contribution in [0.25, 0.3) is 0 Å². The average Bonchev–Trinajstić information content (AvgIpc) is 3.38. The molecular formula is C27H29Cl2N3O4. The predicted octanol–water partition coefficient (Wildman–Crippen LogP) is 4.73. The molecule has 1 aliphatic heterocycles. The van der Waals surface area contributed by atoms with Crippen LogP contribution in [0.1, 0.15) is 42.0 Å². The topological polar surface area (TPSA) is 90.0 Å². The number of carboxylic acids is 1. The van der Waals surface area contributed by atoms with Gasteiger partial charge in [-0.3, -0.25) is 14.5 Å². The van der Waals surface area contributed by atoms with E-state index in [9.17, 15) is 14.4 Å². The molecule has 2 aromatic carbocycles. The van der Waals surface area contributed by atoms with Crippen LogP contribution in [0.4, 0.5) is 5.69 Å². The van der Waals surface area contributed by atoms with Crippen molar-refractivity contribution in [3.05, 3.63) is 75.3 Å². The van der Waals surface area contributed by atoms with Crippen molar-refractivity contribution < 1.29 is 19.5 Å². The van der Waals surface area contributed by atoms with E-state index in [0.29, 0.717) is 15.7 Å². The van der Waals surface area contributed by atoms with Crippen LogP contribution in [0.3, 0.4) is 0 Å². The first kappa shape index (κ1) is 26.2. The number of amides is 2. The van der Waals surface area contributed by atoms with Gasteiger partial charge in [-0.05, 0) is 79.7 Å². The largest absolute Gasteiger partial charge is 0.478 e. The second-order valence-electron chi connectivity index (χ2n) is 9.30. The van der Waals surface area contributed by atoms with Crippen LogP contribution in [-0.2, 0) is 27.2 Å². The SMILES string of the molecule is CN(C(=O)Cc1ccc(Cl)c(Cl)c1)[C@H]1c2cc(NC(=O)C=CC(=O)O)ccc2CC[C@@H]1N1CCCC1. The minimum Gasteiger partial charge on any atom is -0.478 e. The molecule has 190 valence electrons. The Morgan fingerprint density at radius 2 is 1.83 bits per heavy atom. The molecule has 0 spiro atoms. The highest BCUT2D eigenvalue weighted by atomic mass is 35.5. The second kappa shape index (κ2) is 11.5. The van der Waals surface area contributed by atoms with Gasteiger partial charge >= 0.3 is 5.97 Å². The van der Waals surface area contributed by atoms with E-state index in [-0.39, 0.29) is 24.4 Å². The fourth-order valence-corrected chi connectivity index (χ4v) is 5.52. The molecule has 7 nitrogen and oxygen atoms in total. The number of aliphatic carboxylic acids is 1. The number of carbonyl (C=O) groups excluding carboxylic acids is 2. The van der Waals surface area contributed by atoms with E-state index in [0.717, 1.165) is 67.6 Å². The first-order chi connectivity index (χ1) is 17.2. The van der Waals surface area contributed by atoms with Gasteiger partial charge in [0.05, 0.1) is 22.5 Å². The van der Waals surface area contributed by atoms with Crippen molar-refractivity contribution in [3.8, 4) is 0 Å². The summed E-state index contributed by atoms with van der Waals surface area (Å²) in [6.07, 6.45) is 6.09. The maximum absolute atomic E-state index is 13.5. The molecule has 1 heterocycles. The van der Waals surface area contributed by atoms with Crippen LogP contribution < -0.4 is 5.32 Å². The Labute approximate surface area is 220 Å². The number of benzene rings is 2. The van der Waals surface area contributed by atoms with Crippen molar-refractivity contribution in [3.63, 3.8) is 0 Å². The molecule has 0 saturated carbocycles. The number of rotatable bonds is 7. The molecule has 9 heteroatoms. The van der Waals surface area contributed by atoms with E-state index in [1.165, 1.54) is 0 Å². The summed E-state index contributed by atoms with van der Waals surface area (Å²) in [5.74, 6) is -1.75. The van der Waals surface area contributed by atoms with Gasteiger partial charge < -0.3 is 15.3 Å². The molecule has 2 amide bonds. The quantitative estimate of drug-likeness (QED) is 0.506. The lowest BCUT2D eigenvalue weighted by Gasteiger charge is -2.43. The van der Waals surface area contributed by atoms with Gasteiger partial charge in [0.25, 0.3) is 0 Å². The van der Waals surface area contributed by atoms with E-state index in [2.05, 4.69) is 10.2 Å². The number of hydrogen-bond donors (Lipinski definition) is 2. The summed E-state index contributed by atoms with van der Waals surface area (Å²) >= 11 is 12.2. The molecule has 2 N–H and O–H groups in total. The van der Waals surface area contributed by atoms with E-state index < -0.39 is 11.9 Å². The van der Waals surface area contributed by atoms with Crippen molar-refractivity contribution in [1.29, 1.82) is 0 Å². The molecule has 0 unspecified atom stereocenters. The summed E-state index contributed by atoms with van der Waals surface area (Å²) in [5.41, 5.74) is 3.50. The van der Waals surface area contributed by atoms with Crippen molar-refractivity contribution in [2.75, 3.05) is 25.5 Å². The number of carbonyl (C=O) groups is 3. The molecule has 1 fully saturated rings. The summed E-state index contributed by atoms with van der Waals surface area (Å²) in [5, 5.41) is 12.4. The number of nitrogens with one attached hydrogen (secondary N) is 1. The lowest BCUT2D eigenvalue weighted by atomic mass is 9.82. The fraction of sp³-hybridized carbons (Fsp3) is 0.370. The number of aryl methyl sites for hydroxylation is 1. The van der Waals surface area contributed by atoms with Crippen LogP contribution in [0.2, 0.25) is 10.0 Å². The standard InChI is InChI=1S/C27H29Cl2N3O4/c1-31(25(34)15-17-4-8-21(28)22(29)14-17)27-20-16-19(30-24(33)10-11-26(35)36)7-5-18(20)6-9-23(27)32-12-2-3-13-32/h4-5,7-8,10-11,14,16,23,27H,2-3,6,9,12-13,15H2,1H3,(H,30,33)(H,35,36)/t23-,27-/m0/s1. The lowest BCUT2D eigenvalue weighted by Crippen LogP contribution is -2.48. The molecule has 2 atom stereocenters. The Hall–Kier alpha value is -2.87. The monoisotopic (exact) mass is 529 g/mol. The summed E-state index contributed by atoms with van der Waals surface area (Å²) in [6.45, 7) is 2.00. The minimum atomic E-state index is -1.19. The van der Waals surface area contributed by atoms with Crippen LogP contribution in [-0.4, -0.2) is 58.9 Å². The number of nitrogens with zero attached hydrogens (tertiary/aromatic N) is 2. The average molecular weight is 530 g/mol. The van der Waals surface area contributed by atoms with Crippen LogP contribution >= 0.6 is 23.2 Å². The van der Waals surface area contributed by atoms with Crippen LogP contribution in [0.5, 0.6) is 0 Å². The van der Waals surface area contributed by atoms with Crippen LogP contribution in [0, 0.1) is 0 Å². The third kappa shape index (κ3) is 6.09. The highest BCUT2D eigenvalue weighted by Gasteiger charge is 2.38. The van der Waals surface area contributed by atoms with Crippen molar-refractivity contribution >= 4 is 46.7 Å². The van der Waals surface area contributed by atoms with Crippen LogP contribution in [0.15, 0.2) is 48.6 Å². The smallest absolute Gasteiger partial charge is 0.328 e. The number of likely N-dealkylation sites (tertiary alicyclic amines) is 1. The maximum Gasteiger partial charge on any atom is 0.328 e. The molecule has 0 aromatic heterocycles.